The van der Waals surface area contributed by atoms with Crippen molar-refractivity contribution in [3.8, 4) is 0 Å². The van der Waals surface area contributed by atoms with Crippen molar-refractivity contribution < 1.29 is 33.6 Å². The molecule has 0 amide bonds. The molecule has 1 fully saturated rings. The number of aliphatic hydroxyl groups excluding tert-OH is 4. The molecule has 0 aliphatic carbocycles. The first-order chi connectivity index (χ1) is 6.81. The minimum atomic E-state index is -4.15. The van der Waals surface area contributed by atoms with Gasteiger partial charge in [-0.3, -0.25) is 0 Å². The smallest absolute Gasteiger partial charge is 0.203 e. The van der Waals surface area contributed by atoms with Crippen LogP contribution in [0.5, 0.6) is 0 Å². The zero-order chi connectivity index (χ0) is 11.8. The van der Waals surface area contributed by atoms with Crippen molar-refractivity contribution in [2.45, 2.75) is 30.0 Å². The van der Waals surface area contributed by atoms with Crippen LogP contribution < -0.4 is 5.73 Å². The first kappa shape index (κ1) is 16.0. The van der Waals surface area contributed by atoms with E-state index in [1.807, 2.05) is 0 Å². The highest BCUT2D eigenvalue weighted by Crippen LogP contribution is 2.22. The summed E-state index contributed by atoms with van der Waals surface area (Å²) >= 11 is 0. The third-order valence-corrected chi connectivity index (χ3v) is 3.62. The molecule has 1 heterocycles. The number of rotatable bonds is 2. The molecule has 0 aromatic rings. The SMILES string of the molecule is Cl.N[C@@H]1[C@@H](O)[C@H](O)[C@@H](S(=O)(=O)CO)O[C@@H]1O. The summed E-state index contributed by atoms with van der Waals surface area (Å²) in [7, 11) is -4.15. The molecule has 98 valence electrons. The van der Waals surface area contributed by atoms with Crippen LogP contribution in [-0.4, -0.2) is 64.8 Å². The van der Waals surface area contributed by atoms with Gasteiger partial charge in [-0.2, -0.15) is 0 Å². The lowest BCUT2D eigenvalue weighted by Gasteiger charge is -2.38. The maximum Gasteiger partial charge on any atom is 0.203 e. The van der Waals surface area contributed by atoms with E-state index >= 15 is 0 Å². The van der Waals surface area contributed by atoms with Crippen LogP contribution in [0.2, 0.25) is 0 Å². The predicted octanol–water partition coefficient (Wildman–Crippen LogP) is -3.50. The molecule has 0 bridgehead atoms. The number of nitrogens with two attached hydrogens (primary N) is 1. The minimum Gasteiger partial charge on any atom is -0.388 e. The molecular weight excluding hydrogens is 266 g/mol. The normalized spacial score (nSPS) is 40.2. The Kier molecular flexibility index (Phi) is 5.56. The molecule has 16 heavy (non-hydrogen) atoms. The van der Waals surface area contributed by atoms with Gasteiger partial charge < -0.3 is 30.9 Å². The van der Waals surface area contributed by atoms with Crippen LogP contribution in [0.1, 0.15) is 0 Å². The number of sulfone groups is 1. The van der Waals surface area contributed by atoms with Gasteiger partial charge >= 0.3 is 0 Å². The number of hydrogen-bond acceptors (Lipinski definition) is 8. The summed E-state index contributed by atoms with van der Waals surface area (Å²) in [5, 5.41) is 36.3. The Morgan fingerprint density at radius 1 is 1.19 bits per heavy atom. The van der Waals surface area contributed by atoms with Gasteiger partial charge in [-0.25, -0.2) is 8.42 Å². The second-order valence-corrected chi connectivity index (χ2v) is 5.29. The zero-order valence-electron chi connectivity index (χ0n) is 8.00. The van der Waals surface area contributed by atoms with Crippen molar-refractivity contribution in [1.82, 2.24) is 0 Å². The van der Waals surface area contributed by atoms with Gasteiger partial charge in [0.2, 0.25) is 9.84 Å². The molecule has 0 saturated carbocycles. The first-order valence-corrected chi connectivity index (χ1v) is 5.80. The number of halogens is 1. The fourth-order valence-electron chi connectivity index (χ4n) is 1.24. The highest BCUT2D eigenvalue weighted by molar-refractivity contribution is 7.91. The molecule has 1 aliphatic heterocycles. The van der Waals surface area contributed by atoms with Crippen molar-refractivity contribution in [3.63, 3.8) is 0 Å². The van der Waals surface area contributed by atoms with Crippen molar-refractivity contribution in [3.05, 3.63) is 0 Å². The minimum absolute atomic E-state index is 0. The summed E-state index contributed by atoms with van der Waals surface area (Å²) in [4.78, 5) is 0. The first-order valence-electron chi connectivity index (χ1n) is 4.09. The Balaban J connectivity index is 0.00000225. The number of ether oxygens (including phenoxy) is 1. The van der Waals surface area contributed by atoms with Gasteiger partial charge in [-0.15, -0.1) is 12.4 Å². The molecule has 0 radical (unpaired) electrons. The van der Waals surface area contributed by atoms with Gasteiger partial charge in [0, 0.05) is 0 Å². The van der Waals surface area contributed by atoms with E-state index in [1.54, 1.807) is 0 Å². The quantitative estimate of drug-likeness (QED) is 0.349. The van der Waals surface area contributed by atoms with E-state index in [0.29, 0.717) is 0 Å². The Labute approximate surface area is 98.0 Å². The average molecular weight is 280 g/mol. The van der Waals surface area contributed by atoms with Gasteiger partial charge in [-0.05, 0) is 0 Å². The lowest BCUT2D eigenvalue weighted by atomic mass is 10.0. The monoisotopic (exact) mass is 279 g/mol. The lowest BCUT2D eigenvalue weighted by Crippen LogP contribution is -2.62. The molecule has 5 atom stereocenters. The molecule has 1 saturated heterocycles. The van der Waals surface area contributed by atoms with Gasteiger partial charge in [0.05, 0.1) is 6.04 Å². The topological polar surface area (TPSA) is 150 Å². The lowest BCUT2D eigenvalue weighted by molar-refractivity contribution is -0.219. The Morgan fingerprint density at radius 2 is 1.69 bits per heavy atom. The third-order valence-electron chi connectivity index (χ3n) is 2.16. The van der Waals surface area contributed by atoms with E-state index in [2.05, 4.69) is 4.74 Å². The molecule has 6 N–H and O–H groups in total. The molecule has 1 aliphatic rings. The summed E-state index contributed by atoms with van der Waals surface area (Å²) in [6.45, 7) is 0. The van der Waals surface area contributed by atoms with E-state index < -0.39 is 45.8 Å². The predicted molar refractivity (Wildman–Crippen MR) is 54.1 cm³/mol. The van der Waals surface area contributed by atoms with Crippen molar-refractivity contribution >= 4 is 22.2 Å². The van der Waals surface area contributed by atoms with Crippen molar-refractivity contribution in [1.29, 1.82) is 0 Å². The third kappa shape index (κ3) is 2.81. The maximum atomic E-state index is 11.2. The van der Waals surface area contributed by atoms with Crippen LogP contribution in [0.4, 0.5) is 0 Å². The Morgan fingerprint density at radius 3 is 2.12 bits per heavy atom. The largest absolute Gasteiger partial charge is 0.388 e. The second kappa shape index (κ2) is 5.56. The summed E-state index contributed by atoms with van der Waals surface area (Å²) < 4.78 is 26.8. The van der Waals surface area contributed by atoms with Gasteiger partial charge in [0.15, 0.2) is 11.7 Å². The molecule has 8 nitrogen and oxygen atoms in total. The van der Waals surface area contributed by atoms with E-state index in [1.165, 1.54) is 0 Å². The summed E-state index contributed by atoms with van der Waals surface area (Å²) in [5.41, 5.74) is 3.33. The van der Waals surface area contributed by atoms with Crippen molar-refractivity contribution in [2.24, 2.45) is 5.73 Å². The highest BCUT2D eigenvalue weighted by atomic mass is 35.5. The van der Waals surface area contributed by atoms with Crippen LogP contribution in [-0.2, 0) is 14.6 Å². The summed E-state index contributed by atoms with van der Waals surface area (Å²) in [6.07, 6.45) is -5.16. The standard InChI is InChI=1S/C6H13NO7S.ClH/c7-2-3(9)4(10)6(14-5(2)11)15(12,13)1-8;/h2-6,8-11H,1,7H2;1H/t2-,3-,4+,5+,6-;/m1./s1. The van der Waals surface area contributed by atoms with Gasteiger partial charge in [0.25, 0.3) is 0 Å². The molecule has 1 rings (SSSR count). The molecule has 0 unspecified atom stereocenters. The van der Waals surface area contributed by atoms with Crippen molar-refractivity contribution in [2.75, 3.05) is 5.94 Å². The fraction of sp³-hybridized carbons (Fsp3) is 1.00. The van der Waals surface area contributed by atoms with Crippen LogP contribution in [0.3, 0.4) is 0 Å². The van der Waals surface area contributed by atoms with Gasteiger partial charge in [-0.1, -0.05) is 0 Å². The summed E-state index contributed by atoms with van der Waals surface area (Å²) in [6, 6.07) is -1.30. The zero-order valence-corrected chi connectivity index (χ0v) is 9.63. The van der Waals surface area contributed by atoms with E-state index in [4.69, 9.17) is 15.9 Å². The highest BCUT2D eigenvalue weighted by Gasteiger charge is 2.47. The molecule has 0 aromatic heterocycles. The van der Waals surface area contributed by atoms with Crippen LogP contribution in [0, 0.1) is 0 Å². The average Bonchev–Trinajstić information content (AvgIpc) is 2.20. The van der Waals surface area contributed by atoms with Gasteiger partial charge in [0.1, 0.15) is 18.1 Å². The molecule has 10 heteroatoms. The molecule has 0 spiro atoms. The van der Waals surface area contributed by atoms with Crippen LogP contribution >= 0.6 is 12.4 Å². The fourth-order valence-corrected chi connectivity index (χ4v) is 2.25. The van der Waals surface area contributed by atoms with E-state index in [9.17, 15) is 18.6 Å². The van der Waals surface area contributed by atoms with Crippen LogP contribution in [0.15, 0.2) is 0 Å². The molecule has 0 aromatic carbocycles. The van der Waals surface area contributed by atoms with E-state index in [0.717, 1.165) is 0 Å². The molecular formula is C6H14ClNO7S. The van der Waals surface area contributed by atoms with E-state index in [-0.39, 0.29) is 12.4 Å². The number of hydrogen-bond donors (Lipinski definition) is 5. The maximum absolute atomic E-state index is 11.2. The Bertz CT molecular complexity index is 323. The summed E-state index contributed by atoms with van der Waals surface area (Å²) in [5.74, 6) is -1.26. The number of aliphatic hydroxyl groups is 4. The Hall–Kier alpha value is -0.000000000000000125. The second-order valence-electron chi connectivity index (χ2n) is 3.25. The van der Waals surface area contributed by atoms with Crippen LogP contribution in [0.25, 0.3) is 0 Å².